The van der Waals surface area contributed by atoms with Gasteiger partial charge in [-0.15, -0.1) is 11.3 Å². The zero-order valence-electron chi connectivity index (χ0n) is 22.0. The van der Waals surface area contributed by atoms with Crippen LogP contribution in [0.4, 0.5) is 11.4 Å². The molecule has 2 aromatic heterocycles. The minimum atomic E-state index is -0.454. The van der Waals surface area contributed by atoms with Crippen LogP contribution in [0.25, 0.3) is 37.5 Å². The minimum absolute atomic E-state index is 0.0547. The number of thiazole rings is 1. The summed E-state index contributed by atoms with van der Waals surface area (Å²) in [6.07, 6.45) is 0. The van der Waals surface area contributed by atoms with Gasteiger partial charge in [0.1, 0.15) is 10.8 Å². The molecule has 0 saturated carbocycles. The number of non-ortho nitro benzene ring substituents is 1. The Morgan fingerprint density at radius 1 is 1.02 bits per heavy atom. The van der Waals surface area contributed by atoms with Crippen LogP contribution < -0.4 is 10.1 Å². The van der Waals surface area contributed by atoms with Crippen LogP contribution in [0.5, 0.6) is 5.75 Å². The molecule has 204 valence electrons. The van der Waals surface area contributed by atoms with Crippen LogP contribution in [-0.2, 0) is 4.79 Å². The Hall–Kier alpha value is -4.74. The van der Waals surface area contributed by atoms with Crippen LogP contribution in [0.1, 0.15) is 5.56 Å². The lowest BCUT2D eigenvalue weighted by molar-refractivity contribution is -0.384. The van der Waals surface area contributed by atoms with Crippen molar-refractivity contribution in [3.63, 3.8) is 0 Å². The van der Waals surface area contributed by atoms with Gasteiger partial charge in [0.25, 0.3) is 5.69 Å². The van der Waals surface area contributed by atoms with Gasteiger partial charge in [0.2, 0.25) is 5.91 Å². The first-order valence-corrected chi connectivity index (χ1v) is 14.4. The molecule has 41 heavy (non-hydrogen) atoms. The lowest BCUT2D eigenvalue weighted by atomic mass is 10.2. The van der Waals surface area contributed by atoms with Crippen LogP contribution >= 0.6 is 23.1 Å². The summed E-state index contributed by atoms with van der Waals surface area (Å²) in [4.78, 5) is 33.2. The average Bonchev–Trinajstić information content (AvgIpc) is 3.57. The second-order valence-electron chi connectivity index (χ2n) is 9.24. The predicted octanol–water partition coefficient (Wildman–Crippen LogP) is 7.26. The van der Waals surface area contributed by atoms with Crippen molar-refractivity contribution < 1.29 is 14.5 Å². The van der Waals surface area contributed by atoms with Gasteiger partial charge in [-0.1, -0.05) is 30.0 Å². The summed E-state index contributed by atoms with van der Waals surface area (Å²) < 4.78 is 8.55. The molecule has 0 atom stereocenters. The third-order valence-electron chi connectivity index (χ3n) is 6.44. The number of para-hydroxylation sites is 2. The van der Waals surface area contributed by atoms with Gasteiger partial charge in [-0.2, -0.15) is 0 Å². The third-order valence-corrected chi connectivity index (χ3v) is 8.44. The van der Waals surface area contributed by atoms with Crippen LogP contribution in [-0.4, -0.2) is 38.2 Å². The highest BCUT2D eigenvalue weighted by Crippen LogP contribution is 2.34. The van der Waals surface area contributed by atoms with E-state index in [2.05, 4.69) is 29.4 Å². The number of hydrogen-bond acceptors (Lipinski definition) is 8. The number of amides is 1. The smallest absolute Gasteiger partial charge is 0.271 e. The number of carbonyl (C=O) groups is 1. The number of ether oxygens (including phenoxy) is 1. The Bertz CT molecular complexity index is 1930. The fraction of sp³-hybridized carbons (Fsp3) is 0.100. The summed E-state index contributed by atoms with van der Waals surface area (Å²) in [5, 5.41) is 15.7. The molecule has 1 N–H and O–H groups in total. The second-order valence-corrected chi connectivity index (χ2v) is 11.2. The number of carbonyl (C=O) groups excluding carboxylic acids is 1. The molecule has 0 bridgehead atoms. The van der Waals surface area contributed by atoms with Gasteiger partial charge in [-0.25, -0.2) is 9.97 Å². The molecule has 0 unspecified atom stereocenters. The van der Waals surface area contributed by atoms with Crippen molar-refractivity contribution in [1.82, 2.24) is 14.5 Å². The maximum Gasteiger partial charge on any atom is 0.271 e. The van der Waals surface area contributed by atoms with Crippen LogP contribution in [0.2, 0.25) is 0 Å². The van der Waals surface area contributed by atoms with E-state index >= 15 is 0 Å². The maximum absolute atomic E-state index is 12.9. The van der Waals surface area contributed by atoms with E-state index in [0.717, 1.165) is 26.5 Å². The molecule has 9 nitrogen and oxygen atoms in total. The molecule has 0 spiro atoms. The van der Waals surface area contributed by atoms with Crippen molar-refractivity contribution in [2.45, 2.75) is 12.1 Å². The van der Waals surface area contributed by atoms with Gasteiger partial charge in [-0.3, -0.25) is 19.5 Å². The molecular formula is C30H23N5O4S2. The molecular weight excluding hydrogens is 558 g/mol. The first-order chi connectivity index (χ1) is 19.9. The van der Waals surface area contributed by atoms with Crippen molar-refractivity contribution >= 4 is 61.6 Å². The average molecular weight is 582 g/mol. The highest BCUT2D eigenvalue weighted by atomic mass is 32.2. The highest BCUT2D eigenvalue weighted by molar-refractivity contribution is 7.99. The van der Waals surface area contributed by atoms with E-state index in [9.17, 15) is 14.9 Å². The number of aromatic nitrogens is 3. The van der Waals surface area contributed by atoms with Crippen molar-refractivity contribution in [1.29, 1.82) is 0 Å². The van der Waals surface area contributed by atoms with Gasteiger partial charge < -0.3 is 10.1 Å². The number of nitro groups is 1. The van der Waals surface area contributed by atoms with Gasteiger partial charge in [0.15, 0.2) is 5.16 Å². The SMILES string of the molecule is COc1ccccc1-n1c(SCC(=O)Nc2ccc(-c3nc4ccc(C)cc4s3)cc2)nc2cc([N+](=O)[O-])ccc21. The molecule has 6 rings (SSSR count). The fourth-order valence-corrected chi connectivity index (χ4v) is 6.37. The van der Waals surface area contributed by atoms with E-state index in [1.807, 2.05) is 59.2 Å². The summed E-state index contributed by atoms with van der Waals surface area (Å²) in [7, 11) is 1.58. The molecule has 4 aromatic carbocycles. The molecule has 6 aromatic rings. The zero-order valence-corrected chi connectivity index (χ0v) is 23.7. The Kier molecular flexibility index (Phi) is 7.12. The number of nitrogens with one attached hydrogen (secondary N) is 1. The summed E-state index contributed by atoms with van der Waals surface area (Å²) >= 11 is 2.88. The van der Waals surface area contributed by atoms with E-state index < -0.39 is 4.92 Å². The summed E-state index contributed by atoms with van der Waals surface area (Å²) in [5.74, 6) is 0.488. The Balaban J connectivity index is 1.21. The standard InChI is InChI=1S/C30H23N5O4S2/c1-18-7-13-22-27(15-18)41-29(32-22)19-8-10-20(11-9-19)31-28(36)17-40-30-33-23-16-21(35(37)38)12-14-24(23)34(30)25-5-3-4-6-26(25)39-2/h3-16H,17H2,1-2H3,(H,31,36). The van der Waals surface area contributed by atoms with Crippen LogP contribution in [0.3, 0.4) is 0 Å². The first kappa shape index (κ1) is 26.5. The number of thioether (sulfide) groups is 1. The zero-order chi connectivity index (χ0) is 28.5. The second kappa shape index (κ2) is 11.0. The van der Waals surface area contributed by atoms with Gasteiger partial charge in [0, 0.05) is 23.4 Å². The fourth-order valence-electron chi connectivity index (χ4n) is 4.48. The molecule has 1 amide bonds. The normalized spacial score (nSPS) is 11.2. The summed E-state index contributed by atoms with van der Waals surface area (Å²) in [6.45, 7) is 2.06. The lowest BCUT2D eigenvalue weighted by Crippen LogP contribution is -2.14. The minimum Gasteiger partial charge on any atom is -0.495 e. The number of aryl methyl sites for hydroxylation is 1. The number of hydrogen-bond donors (Lipinski definition) is 1. The molecule has 0 aliphatic carbocycles. The van der Waals surface area contributed by atoms with E-state index in [-0.39, 0.29) is 17.3 Å². The highest BCUT2D eigenvalue weighted by Gasteiger charge is 2.19. The summed E-state index contributed by atoms with van der Waals surface area (Å²) in [5.41, 5.74) is 5.61. The third kappa shape index (κ3) is 5.37. The molecule has 0 saturated heterocycles. The van der Waals surface area contributed by atoms with Crippen LogP contribution in [0.15, 0.2) is 90.1 Å². The number of imidazole rings is 1. The van der Waals surface area contributed by atoms with E-state index in [1.54, 1.807) is 24.5 Å². The summed E-state index contributed by atoms with van der Waals surface area (Å²) in [6, 6.07) is 25.8. The van der Waals surface area contributed by atoms with Crippen molar-refractivity contribution in [3.05, 3.63) is 101 Å². The molecule has 2 heterocycles. The van der Waals surface area contributed by atoms with Gasteiger partial charge in [0.05, 0.1) is 44.7 Å². The van der Waals surface area contributed by atoms with Gasteiger partial charge in [-0.05, 0) is 67.1 Å². The van der Waals surface area contributed by atoms with Crippen molar-refractivity contribution in [2.24, 2.45) is 0 Å². The quantitative estimate of drug-likeness (QED) is 0.114. The number of benzene rings is 4. The molecule has 0 fully saturated rings. The largest absolute Gasteiger partial charge is 0.495 e. The number of nitrogens with zero attached hydrogens (tertiary/aromatic N) is 4. The van der Waals surface area contributed by atoms with Crippen LogP contribution in [0, 0.1) is 17.0 Å². The first-order valence-electron chi connectivity index (χ1n) is 12.6. The number of methoxy groups -OCH3 is 1. The topological polar surface area (TPSA) is 112 Å². The Morgan fingerprint density at radius 2 is 1.83 bits per heavy atom. The molecule has 11 heteroatoms. The number of anilines is 1. The number of rotatable bonds is 8. The Labute approximate surface area is 243 Å². The maximum atomic E-state index is 12.9. The lowest BCUT2D eigenvalue weighted by Gasteiger charge is -2.13. The van der Waals surface area contributed by atoms with E-state index in [1.165, 1.54) is 29.5 Å². The number of fused-ring (bicyclic) bond motifs is 2. The van der Waals surface area contributed by atoms with Gasteiger partial charge >= 0.3 is 0 Å². The molecule has 0 aliphatic rings. The number of nitro benzene ring substituents is 1. The van der Waals surface area contributed by atoms with E-state index in [0.29, 0.717) is 27.6 Å². The monoisotopic (exact) mass is 581 g/mol. The van der Waals surface area contributed by atoms with E-state index in [4.69, 9.17) is 9.72 Å². The Morgan fingerprint density at radius 3 is 2.61 bits per heavy atom. The van der Waals surface area contributed by atoms with Crippen molar-refractivity contribution in [2.75, 3.05) is 18.2 Å². The predicted molar refractivity (Wildman–Crippen MR) is 163 cm³/mol. The molecule has 0 aliphatic heterocycles. The van der Waals surface area contributed by atoms with Crippen molar-refractivity contribution in [3.8, 4) is 22.0 Å². The molecule has 0 radical (unpaired) electrons.